The number of carbonyl (C=O) groups excluding carboxylic acids is 1. The van der Waals surface area contributed by atoms with Gasteiger partial charge >= 0.3 is 6.09 Å². The minimum absolute atomic E-state index is 0.416. The monoisotopic (exact) mass is 403 g/mol. The van der Waals surface area contributed by atoms with Crippen molar-refractivity contribution in [2.24, 2.45) is 0 Å². The van der Waals surface area contributed by atoms with Crippen molar-refractivity contribution < 1.29 is 14.3 Å². The van der Waals surface area contributed by atoms with Gasteiger partial charge in [-0.2, -0.15) is 0 Å². The summed E-state index contributed by atoms with van der Waals surface area (Å²) >= 11 is 6.31. The van der Waals surface area contributed by atoms with E-state index in [0.29, 0.717) is 11.5 Å². The van der Waals surface area contributed by atoms with E-state index in [1.54, 1.807) is 13.2 Å². The van der Waals surface area contributed by atoms with Crippen molar-refractivity contribution in [1.82, 2.24) is 10.2 Å². The van der Waals surface area contributed by atoms with Crippen LogP contribution in [0.4, 0.5) is 10.5 Å². The number of para-hydroxylation sites is 1. The molecule has 2 aromatic rings. The number of nitrogens with one attached hydrogen (secondary N) is 1. The average Bonchev–Trinajstić information content (AvgIpc) is 2.73. The van der Waals surface area contributed by atoms with E-state index >= 15 is 0 Å². The molecule has 0 aromatic heterocycles. The van der Waals surface area contributed by atoms with Crippen LogP contribution in [-0.4, -0.2) is 57.9 Å². The Kier molecular flexibility index (Phi) is 7.01. The predicted molar refractivity (Wildman–Crippen MR) is 112 cm³/mol. The summed E-state index contributed by atoms with van der Waals surface area (Å²) in [6.45, 7) is 4.90. The number of piperazine rings is 1. The molecule has 6 nitrogen and oxygen atoms in total. The first-order valence-corrected chi connectivity index (χ1v) is 9.77. The van der Waals surface area contributed by atoms with Crippen LogP contribution in [0.15, 0.2) is 42.5 Å². The summed E-state index contributed by atoms with van der Waals surface area (Å²) in [4.78, 5) is 16.2. The van der Waals surface area contributed by atoms with Gasteiger partial charge in [-0.1, -0.05) is 29.8 Å². The molecule has 1 heterocycles. The zero-order chi connectivity index (χ0) is 19.9. The highest BCUT2D eigenvalue weighted by molar-refractivity contribution is 6.33. The van der Waals surface area contributed by atoms with Crippen molar-refractivity contribution in [3.05, 3.63) is 53.1 Å². The van der Waals surface area contributed by atoms with E-state index in [2.05, 4.69) is 21.2 Å². The highest BCUT2D eigenvalue weighted by Gasteiger charge is 2.18. The fraction of sp³-hybridized carbons (Fsp3) is 0.381. The molecule has 1 fully saturated rings. The number of nitrogens with zero attached hydrogens (tertiary/aromatic N) is 2. The number of hydrogen-bond acceptors (Lipinski definition) is 5. The molecule has 150 valence electrons. The van der Waals surface area contributed by atoms with Crippen molar-refractivity contribution in [3.63, 3.8) is 0 Å². The fourth-order valence-corrected chi connectivity index (χ4v) is 3.57. The van der Waals surface area contributed by atoms with E-state index in [0.717, 1.165) is 55.4 Å². The largest absolute Gasteiger partial charge is 0.493 e. The lowest BCUT2D eigenvalue weighted by atomic mass is 10.1. The summed E-state index contributed by atoms with van der Waals surface area (Å²) in [6.07, 6.45) is 0.394. The van der Waals surface area contributed by atoms with Gasteiger partial charge in [0, 0.05) is 39.8 Å². The molecular weight excluding hydrogens is 378 g/mol. The van der Waals surface area contributed by atoms with Gasteiger partial charge in [-0.15, -0.1) is 0 Å². The van der Waals surface area contributed by atoms with Crippen molar-refractivity contribution in [2.75, 3.05) is 51.8 Å². The molecular formula is C21H26ClN3O3. The number of rotatable bonds is 6. The number of halogens is 1. The quantitative estimate of drug-likeness (QED) is 0.800. The minimum Gasteiger partial charge on any atom is -0.493 e. The third-order valence-electron chi connectivity index (χ3n) is 4.92. The highest BCUT2D eigenvalue weighted by atomic mass is 35.5. The molecule has 0 spiro atoms. The SMILES string of the molecule is CNC(=O)Oc1ccc(CCN2CCN(c3ccccc3Cl)CC2)cc1OC. The summed E-state index contributed by atoms with van der Waals surface area (Å²) < 4.78 is 10.6. The molecule has 7 heteroatoms. The van der Waals surface area contributed by atoms with E-state index in [4.69, 9.17) is 21.1 Å². The maximum absolute atomic E-state index is 11.4. The predicted octanol–water partition coefficient (Wildman–Crippen LogP) is 3.43. The molecule has 1 aliphatic rings. The van der Waals surface area contributed by atoms with E-state index in [9.17, 15) is 4.79 Å². The molecule has 1 N–H and O–H groups in total. The Morgan fingerprint density at radius 2 is 1.86 bits per heavy atom. The Labute approximate surface area is 171 Å². The van der Waals surface area contributed by atoms with E-state index in [1.165, 1.54) is 7.05 Å². The Balaban J connectivity index is 1.52. The first-order valence-electron chi connectivity index (χ1n) is 9.39. The molecule has 0 atom stereocenters. The second kappa shape index (κ2) is 9.66. The number of methoxy groups -OCH3 is 1. The van der Waals surface area contributed by atoms with Crippen LogP contribution in [0, 0.1) is 0 Å². The highest BCUT2D eigenvalue weighted by Crippen LogP contribution is 2.29. The van der Waals surface area contributed by atoms with Gasteiger partial charge in [0.2, 0.25) is 0 Å². The number of benzene rings is 2. The third kappa shape index (κ3) is 5.09. The zero-order valence-corrected chi connectivity index (χ0v) is 17.0. The van der Waals surface area contributed by atoms with Crippen molar-refractivity contribution >= 4 is 23.4 Å². The van der Waals surface area contributed by atoms with Gasteiger partial charge in [-0.25, -0.2) is 4.79 Å². The minimum atomic E-state index is -0.512. The molecule has 3 rings (SSSR count). The van der Waals surface area contributed by atoms with Gasteiger partial charge in [-0.3, -0.25) is 4.90 Å². The molecule has 0 radical (unpaired) electrons. The lowest BCUT2D eigenvalue weighted by Gasteiger charge is -2.36. The molecule has 0 saturated carbocycles. The second-order valence-corrected chi connectivity index (χ2v) is 7.06. The topological polar surface area (TPSA) is 54.0 Å². The molecule has 0 aliphatic carbocycles. The maximum Gasteiger partial charge on any atom is 0.412 e. The molecule has 0 bridgehead atoms. The summed E-state index contributed by atoms with van der Waals surface area (Å²) in [7, 11) is 3.10. The van der Waals surface area contributed by atoms with E-state index in [-0.39, 0.29) is 0 Å². The smallest absolute Gasteiger partial charge is 0.412 e. The first kappa shape index (κ1) is 20.3. The number of amides is 1. The van der Waals surface area contributed by atoms with Crippen molar-refractivity contribution in [1.29, 1.82) is 0 Å². The second-order valence-electron chi connectivity index (χ2n) is 6.65. The van der Waals surface area contributed by atoms with Crippen LogP contribution < -0.4 is 19.7 Å². The first-order chi connectivity index (χ1) is 13.6. The summed E-state index contributed by atoms with van der Waals surface area (Å²) in [6, 6.07) is 13.7. The average molecular weight is 404 g/mol. The number of anilines is 1. The lowest BCUT2D eigenvalue weighted by molar-refractivity contribution is 0.201. The molecule has 0 unspecified atom stereocenters. The van der Waals surface area contributed by atoms with Crippen LogP contribution in [0.25, 0.3) is 0 Å². The molecule has 1 amide bonds. The van der Waals surface area contributed by atoms with Crippen LogP contribution in [0.2, 0.25) is 5.02 Å². The van der Waals surface area contributed by atoms with Gasteiger partial charge < -0.3 is 19.7 Å². The molecule has 28 heavy (non-hydrogen) atoms. The van der Waals surface area contributed by atoms with Crippen LogP contribution in [0.1, 0.15) is 5.56 Å². The Bertz CT molecular complexity index is 807. The fourth-order valence-electron chi connectivity index (χ4n) is 3.31. The van der Waals surface area contributed by atoms with Crippen molar-refractivity contribution in [2.45, 2.75) is 6.42 Å². The number of hydrogen-bond donors (Lipinski definition) is 1. The standard InChI is InChI=1S/C21H26ClN3O3/c1-23-21(26)28-19-8-7-16(15-20(19)27-2)9-10-24-11-13-25(14-12-24)18-6-4-3-5-17(18)22/h3-8,15H,9-14H2,1-2H3,(H,23,26). The van der Waals surface area contributed by atoms with Crippen molar-refractivity contribution in [3.8, 4) is 11.5 Å². The maximum atomic E-state index is 11.4. The Morgan fingerprint density at radius 3 is 2.54 bits per heavy atom. The number of ether oxygens (including phenoxy) is 2. The summed E-state index contributed by atoms with van der Waals surface area (Å²) in [5, 5.41) is 3.24. The van der Waals surface area contributed by atoms with Crippen LogP contribution in [0.5, 0.6) is 11.5 Å². The van der Waals surface area contributed by atoms with Gasteiger partial charge in [0.05, 0.1) is 17.8 Å². The Morgan fingerprint density at radius 1 is 1.11 bits per heavy atom. The Hall–Kier alpha value is -2.44. The van der Waals surface area contributed by atoms with E-state index < -0.39 is 6.09 Å². The van der Waals surface area contributed by atoms with Crippen LogP contribution in [0.3, 0.4) is 0 Å². The van der Waals surface area contributed by atoms with E-state index in [1.807, 2.05) is 30.3 Å². The summed E-state index contributed by atoms with van der Waals surface area (Å²) in [5.41, 5.74) is 2.26. The van der Waals surface area contributed by atoms with Crippen LogP contribution in [-0.2, 0) is 6.42 Å². The lowest BCUT2D eigenvalue weighted by Crippen LogP contribution is -2.47. The third-order valence-corrected chi connectivity index (χ3v) is 5.24. The van der Waals surface area contributed by atoms with Gasteiger partial charge in [0.1, 0.15) is 0 Å². The molecule has 2 aromatic carbocycles. The van der Waals surface area contributed by atoms with Gasteiger partial charge in [0.25, 0.3) is 0 Å². The molecule has 1 saturated heterocycles. The van der Waals surface area contributed by atoms with Gasteiger partial charge in [-0.05, 0) is 36.2 Å². The molecule has 1 aliphatic heterocycles. The number of carbonyl (C=O) groups is 1. The van der Waals surface area contributed by atoms with Crippen LogP contribution >= 0.6 is 11.6 Å². The summed E-state index contributed by atoms with van der Waals surface area (Å²) in [5.74, 6) is 0.976. The van der Waals surface area contributed by atoms with Gasteiger partial charge in [0.15, 0.2) is 11.5 Å². The normalized spacial score (nSPS) is 14.6. The zero-order valence-electron chi connectivity index (χ0n) is 16.3.